The van der Waals surface area contributed by atoms with Gasteiger partial charge in [0.2, 0.25) is 5.82 Å². The van der Waals surface area contributed by atoms with Crippen molar-refractivity contribution in [3.8, 4) is 34.3 Å². The van der Waals surface area contributed by atoms with Gasteiger partial charge in [-0.15, -0.1) is 0 Å². The average molecular weight is 415 g/mol. The minimum absolute atomic E-state index is 0.115. The monoisotopic (exact) mass is 415 g/mol. The first-order chi connectivity index (χ1) is 15.1. The molecule has 1 aromatic heterocycles. The van der Waals surface area contributed by atoms with E-state index >= 15 is 0 Å². The smallest absolute Gasteiger partial charge is 0.262 e. The lowest BCUT2D eigenvalue weighted by molar-refractivity contribution is -0.118. The van der Waals surface area contributed by atoms with Gasteiger partial charge in [0.15, 0.2) is 6.61 Å². The summed E-state index contributed by atoms with van der Waals surface area (Å²) in [5.41, 5.74) is 3.27. The second kappa shape index (κ2) is 9.13. The first kappa shape index (κ1) is 20.2. The predicted molar refractivity (Wildman–Crippen MR) is 117 cm³/mol. The van der Waals surface area contributed by atoms with Crippen molar-refractivity contribution < 1.29 is 18.8 Å². The van der Waals surface area contributed by atoms with Crippen LogP contribution in [0.25, 0.3) is 22.8 Å². The highest BCUT2D eigenvalue weighted by molar-refractivity contribution is 5.91. The fourth-order valence-electron chi connectivity index (χ4n) is 2.98. The molecule has 156 valence electrons. The second-order valence-corrected chi connectivity index (χ2v) is 6.85. The maximum atomic E-state index is 12.2. The molecule has 0 bridgehead atoms. The number of amides is 1. The highest BCUT2D eigenvalue weighted by Gasteiger charge is 2.15. The van der Waals surface area contributed by atoms with Gasteiger partial charge in [0.05, 0.1) is 12.7 Å². The third-order valence-electron chi connectivity index (χ3n) is 4.56. The van der Waals surface area contributed by atoms with Crippen molar-refractivity contribution in [3.05, 3.63) is 78.4 Å². The number of anilines is 1. The Morgan fingerprint density at radius 1 is 1.03 bits per heavy atom. The lowest BCUT2D eigenvalue weighted by atomic mass is 10.2. The van der Waals surface area contributed by atoms with Crippen molar-refractivity contribution in [2.45, 2.75) is 6.92 Å². The normalized spacial score (nSPS) is 10.5. The van der Waals surface area contributed by atoms with Gasteiger partial charge >= 0.3 is 0 Å². The molecule has 1 N–H and O–H groups in total. The Morgan fingerprint density at radius 3 is 2.65 bits per heavy atom. The number of methoxy groups -OCH3 is 1. The minimum Gasteiger partial charge on any atom is -0.496 e. The summed E-state index contributed by atoms with van der Waals surface area (Å²) in [5.74, 6) is 1.70. The molecular formula is C24H21N3O4. The van der Waals surface area contributed by atoms with Crippen LogP contribution in [0.3, 0.4) is 0 Å². The molecule has 0 atom stereocenters. The number of carbonyl (C=O) groups is 1. The van der Waals surface area contributed by atoms with E-state index in [0.29, 0.717) is 34.3 Å². The summed E-state index contributed by atoms with van der Waals surface area (Å²) in [4.78, 5) is 16.6. The summed E-state index contributed by atoms with van der Waals surface area (Å²) in [6.45, 7) is 1.88. The molecule has 0 saturated heterocycles. The maximum Gasteiger partial charge on any atom is 0.262 e. The lowest BCUT2D eigenvalue weighted by Crippen LogP contribution is -2.20. The van der Waals surface area contributed by atoms with Crippen LogP contribution in [0.5, 0.6) is 11.5 Å². The van der Waals surface area contributed by atoms with Crippen LogP contribution in [0.4, 0.5) is 5.69 Å². The molecule has 0 aliphatic carbocycles. The number of carbonyl (C=O) groups excluding carboxylic acids is 1. The number of nitrogens with zero attached hydrogens (tertiary/aromatic N) is 2. The lowest BCUT2D eigenvalue weighted by Gasteiger charge is -2.08. The number of benzene rings is 3. The number of ether oxygens (including phenoxy) is 2. The molecule has 0 fully saturated rings. The SMILES string of the molecule is COc1ccccc1-c1nc(-c2cccc(OCC(=O)Nc3ccc(C)cc3)c2)no1. The second-order valence-electron chi connectivity index (χ2n) is 6.85. The van der Waals surface area contributed by atoms with Gasteiger partial charge in [0.25, 0.3) is 11.8 Å². The molecule has 0 aliphatic rings. The number of nitrogens with one attached hydrogen (secondary N) is 1. The van der Waals surface area contributed by atoms with E-state index in [1.807, 2.05) is 67.6 Å². The van der Waals surface area contributed by atoms with Gasteiger partial charge in [-0.1, -0.05) is 47.1 Å². The molecular weight excluding hydrogens is 394 g/mol. The summed E-state index contributed by atoms with van der Waals surface area (Å²) in [6, 6.07) is 22.2. The molecule has 31 heavy (non-hydrogen) atoms. The molecule has 7 nitrogen and oxygen atoms in total. The number of hydrogen-bond acceptors (Lipinski definition) is 6. The molecule has 4 aromatic rings. The van der Waals surface area contributed by atoms with Gasteiger partial charge < -0.3 is 19.3 Å². The van der Waals surface area contributed by atoms with Crippen molar-refractivity contribution in [1.82, 2.24) is 10.1 Å². The largest absolute Gasteiger partial charge is 0.496 e. The minimum atomic E-state index is -0.243. The van der Waals surface area contributed by atoms with Gasteiger partial charge in [-0.25, -0.2) is 0 Å². The summed E-state index contributed by atoms with van der Waals surface area (Å²) < 4.78 is 16.4. The Hall–Kier alpha value is -4.13. The first-order valence-corrected chi connectivity index (χ1v) is 9.69. The predicted octanol–water partition coefficient (Wildman–Crippen LogP) is 4.74. The van der Waals surface area contributed by atoms with Crippen LogP contribution >= 0.6 is 0 Å². The standard InChI is InChI=1S/C24H21N3O4/c1-16-10-12-18(13-11-16)25-22(28)15-30-19-7-5-6-17(14-19)23-26-24(31-27-23)20-8-3-4-9-21(20)29-2/h3-14H,15H2,1-2H3,(H,25,28). The van der Waals surface area contributed by atoms with E-state index in [2.05, 4.69) is 15.5 Å². The molecule has 4 rings (SSSR count). The molecule has 0 saturated carbocycles. The fraction of sp³-hybridized carbons (Fsp3) is 0.125. The highest BCUT2D eigenvalue weighted by Crippen LogP contribution is 2.30. The first-order valence-electron chi connectivity index (χ1n) is 9.69. The molecule has 7 heteroatoms. The molecule has 0 unspecified atom stereocenters. The van der Waals surface area contributed by atoms with E-state index in [1.165, 1.54) is 0 Å². The van der Waals surface area contributed by atoms with E-state index < -0.39 is 0 Å². The van der Waals surface area contributed by atoms with Crippen LogP contribution in [0, 0.1) is 6.92 Å². The molecule has 1 heterocycles. The quantitative estimate of drug-likeness (QED) is 0.469. The summed E-state index contributed by atoms with van der Waals surface area (Å²) in [5, 5.41) is 6.86. The topological polar surface area (TPSA) is 86.5 Å². The highest BCUT2D eigenvalue weighted by atomic mass is 16.5. The van der Waals surface area contributed by atoms with E-state index in [4.69, 9.17) is 14.0 Å². The van der Waals surface area contributed by atoms with Crippen molar-refractivity contribution in [2.24, 2.45) is 0 Å². The van der Waals surface area contributed by atoms with Crippen LogP contribution in [0.2, 0.25) is 0 Å². The number of aromatic nitrogens is 2. The van der Waals surface area contributed by atoms with Gasteiger partial charge in [-0.05, 0) is 43.3 Å². The summed E-state index contributed by atoms with van der Waals surface area (Å²) in [7, 11) is 1.59. The summed E-state index contributed by atoms with van der Waals surface area (Å²) >= 11 is 0. The third-order valence-corrected chi connectivity index (χ3v) is 4.56. The number of hydrogen-bond donors (Lipinski definition) is 1. The van der Waals surface area contributed by atoms with Crippen LogP contribution in [-0.2, 0) is 4.79 Å². The average Bonchev–Trinajstić information content (AvgIpc) is 3.30. The number of aryl methyl sites for hydroxylation is 1. The zero-order chi connectivity index (χ0) is 21.6. The molecule has 0 aliphatic heterocycles. The van der Waals surface area contributed by atoms with E-state index in [-0.39, 0.29) is 12.5 Å². The Balaban J connectivity index is 1.43. The van der Waals surface area contributed by atoms with E-state index in [0.717, 1.165) is 11.3 Å². The van der Waals surface area contributed by atoms with Crippen LogP contribution < -0.4 is 14.8 Å². The third kappa shape index (κ3) is 4.90. The fourth-order valence-corrected chi connectivity index (χ4v) is 2.98. The Labute approximate surface area is 179 Å². The van der Waals surface area contributed by atoms with Gasteiger partial charge in [0, 0.05) is 11.3 Å². The number of rotatable bonds is 7. The van der Waals surface area contributed by atoms with Crippen molar-refractivity contribution in [2.75, 3.05) is 19.0 Å². The number of para-hydroxylation sites is 1. The van der Waals surface area contributed by atoms with Gasteiger partial charge in [0.1, 0.15) is 11.5 Å². The van der Waals surface area contributed by atoms with Crippen molar-refractivity contribution >= 4 is 11.6 Å². The Kier molecular flexibility index (Phi) is 5.93. The zero-order valence-corrected chi connectivity index (χ0v) is 17.2. The van der Waals surface area contributed by atoms with E-state index in [1.54, 1.807) is 19.2 Å². The van der Waals surface area contributed by atoms with Gasteiger partial charge in [-0.2, -0.15) is 4.98 Å². The van der Waals surface area contributed by atoms with E-state index in [9.17, 15) is 4.79 Å². The Morgan fingerprint density at radius 2 is 1.84 bits per heavy atom. The van der Waals surface area contributed by atoms with Crippen molar-refractivity contribution in [3.63, 3.8) is 0 Å². The molecule has 1 amide bonds. The zero-order valence-electron chi connectivity index (χ0n) is 17.2. The van der Waals surface area contributed by atoms with Crippen LogP contribution in [-0.4, -0.2) is 29.8 Å². The molecule has 3 aromatic carbocycles. The maximum absolute atomic E-state index is 12.2. The summed E-state index contributed by atoms with van der Waals surface area (Å²) in [6.07, 6.45) is 0. The molecule has 0 radical (unpaired) electrons. The molecule has 0 spiro atoms. The van der Waals surface area contributed by atoms with Gasteiger partial charge in [-0.3, -0.25) is 4.79 Å². The van der Waals surface area contributed by atoms with Crippen LogP contribution in [0.1, 0.15) is 5.56 Å². The van der Waals surface area contributed by atoms with Crippen LogP contribution in [0.15, 0.2) is 77.3 Å². The van der Waals surface area contributed by atoms with Crippen molar-refractivity contribution in [1.29, 1.82) is 0 Å². The Bertz CT molecular complexity index is 1190.